The minimum atomic E-state index is -4.70. The zero-order valence-electron chi connectivity index (χ0n) is 17.6. The number of carbonyl (C=O) groups is 1. The normalized spacial score (nSPS) is 12.2. The third kappa shape index (κ3) is 5.59. The summed E-state index contributed by atoms with van der Waals surface area (Å²) in [6, 6.07) is 4.96. The minimum absolute atomic E-state index is 0.204. The molecule has 3 heterocycles. The van der Waals surface area contributed by atoms with Crippen LogP contribution < -0.4 is 15.6 Å². The lowest BCUT2D eigenvalue weighted by atomic mass is 10.0. The van der Waals surface area contributed by atoms with Crippen molar-refractivity contribution in [3.8, 4) is 11.6 Å². The van der Waals surface area contributed by atoms with Crippen LogP contribution in [0.15, 0.2) is 53.7 Å². The Labute approximate surface area is 196 Å². The number of amides is 1. The predicted molar refractivity (Wildman–Crippen MR) is 107 cm³/mol. The maximum absolute atomic E-state index is 13.0. The van der Waals surface area contributed by atoms with Crippen molar-refractivity contribution in [1.29, 1.82) is 0 Å². The first-order chi connectivity index (χ1) is 16.8. The Morgan fingerprint density at radius 3 is 2.39 bits per heavy atom. The fraction of sp³-hybridized carbons (Fsp3) is 0.250. The van der Waals surface area contributed by atoms with Crippen molar-refractivity contribution in [2.24, 2.45) is 0 Å². The van der Waals surface area contributed by atoms with Gasteiger partial charge in [0.15, 0.2) is 6.61 Å². The molecule has 0 unspecified atom stereocenters. The van der Waals surface area contributed by atoms with E-state index in [4.69, 9.17) is 0 Å². The zero-order chi connectivity index (χ0) is 26.7. The molecule has 0 aliphatic heterocycles. The van der Waals surface area contributed by atoms with Crippen LogP contribution in [0, 0.1) is 0 Å². The van der Waals surface area contributed by atoms with Crippen LogP contribution in [-0.2, 0) is 5.60 Å². The van der Waals surface area contributed by atoms with Gasteiger partial charge in [0.2, 0.25) is 5.60 Å². The highest BCUT2D eigenvalue weighted by Crippen LogP contribution is 2.33. The largest absolute Gasteiger partial charge is 0.465 e. The van der Waals surface area contributed by atoms with Crippen LogP contribution >= 0.6 is 0 Å². The van der Waals surface area contributed by atoms with E-state index in [1.54, 1.807) is 0 Å². The highest BCUT2D eigenvalue weighted by molar-refractivity contribution is 6.03. The number of halogens is 7. The number of aromatic nitrogens is 4. The number of rotatable bonds is 8. The molecule has 16 heteroatoms. The van der Waals surface area contributed by atoms with Gasteiger partial charge in [-0.25, -0.2) is 17.6 Å². The van der Waals surface area contributed by atoms with E-state index >= 15 is 0 Å². The van der Waals surface area contributed by atoms with Gasteiger partial charge in [-0.15, -0.1) is 5.10 Å². The van der Waals surface area contributed by atoms with Gasteiger partial charge in [-0.1, -0.05) is 0 Å². The van der Waals surface area contributed by atoms with Crippen LogP contribution in [0.5, 0.6) is 5.88 Å². The summed E-state index contributed by atoms with van der Waals surface area (Å²) >= 11 is 0. The fourth-order valence-corrected chi connectivity index (χ4v) is 2.83. The number of anilines is 1. The van der Waals surface area contributed by atoms with E-state index in [1.807, 2.05) is 0 Å². The molecule has 3 rings (SSSR count). The second-order valence-electron chi connectivity index (χ2n) is 7.04. The number of carbonyl (C=O) groups excluding carboxylic acids is 1. The Hall–Kier alpha value is -4.08. The van der Waals surface area contributed by atoms with Crippen LogP contribution in [-0.4, -0.2) is 56.4 Å². The smallest absolute Gasteiger partial charge is 0.422 e. The Kier molecular flexibility index (Phi) is 7.57. The summed E-state index contributed by atoms with van der Waals surface area (Å²) in [6.45, 7) is -1.72. The van der Waals surface area contributed by atoms with E-state index in [2.05, 4.69) is 25.2 Å². The third-order valence-corrected chi connectivity index (χ3v) is 4.59. The Bertz CT molecular complexity index is 1270. The van der Waals surface area contributed by atoms with Gasteiger partial charge in [0, 0.05) is 6.20 Å². The molecule has 0 fully saturated rings. The maximum atomic E-state index is 13.0. The highest BCUT2D eigenvalue weighted by Gasteiger charge is 2.50. The van der Waals surface area contributed by atoms with E-state index in [0.717, 1.165) is 35.2 Å². The molecule has 0 saturated carbocycles. The van der Waals surface area contributed by atoms with Gasteiger partial charge in [0.1, 0.15) is 11.3 Å². The number of hydrogen-bond donors (Lipinski definition) is 2. The van der Waals surface area contributed by atoms with E-state index in [1.165, 1.54) is 6.07 Å². The Morgan fingerprint density at radius 2 is 1.81 bits per heavy atom. The summed E-state index contributed by atoms with van der Waals surface area (Å²) < 4.78 is 94.7. The second kappa shape index (κ2) is 10.3. The number of alkyl halides is 7. The average Bonchev–Trinajstić information content (AvgIpc) is 2.82. The van der Waals surface area contributed by atoms with Gasteiger partial charge in [0.05, 0.1) is 23.8 Å². The number of ether oxygens (including phenoxy) is 1. The number of nitrogens with zero attached hydrogens (tertiary/aromatic N) is 4. The molecule has 0 aliphatic carbocycles. The molecule has 0 spiro atoms. The van der Waals surface area contributed by atoms with E-state index < -0.39 is 59.8 Å². The average molecular weight is 521 g/mol. The SMILES string of the molecule is O=C(Nc1ccc(C(O)(C(F)F)C(F)F)nc1)c1cccn(-c2ccnnc2OCC(F)(F)F)c1=O. The summed E-state index contributed by atoms with van der Waals surface area (Å²) in [5, 5.41) is 18.6. The van der Waals surface area contributed by atoms with Crippen molar-refractivity contribution in [2.75, 3.05) is 11.9 Å². The molecule has 0 aliphatic rings. The van der Waals surface area contributed by atoms with Crippen molar-refractivity contribution < 1.29 is 45.4 Å². The van der Waals surface area contributed by atoms with Crippen LogP contribution in [0.4, 0.5) is 36.4 Å². The summed E-state index contributed by atoms with van der Waals surface area (Å²) in [5.74, 6) is -1.69. The molecule has 3 aromatic heterocycles. The first-order valence-electron chi connectivity index (χ1n) is 9.64. The first-order valence-corrected chi connectivity index (χ1v) is 9.64. The van der Waals surface area contributed by atoms with Crippen LogP contribution in [0.1, 0.15) is 16.1 Å². The maximum Gasteiger partial charge on any atom is 0.422 e. The van der Waals surface area contributed by atoms with Crippen molar-refractivity contribution in [2.45, 2.75) is 24.6 Å². The summed E-state index contributed by atoms with van der Waals surface area (Å²) in [6.07, 6.45) is -9.52. The van der Waals surface area contributed by atoms with Crippen molar-refractivity contribution >= 4 is 11.6 Å². The Morgan fingerprint density at radius 1 is 1.11 bits per heavy atom. The lowest BCUT2D eigenvalue weighted by Gasteiger charge is -2.25. The van der Waals surface area contributed by atoms with Crippen LogP contribution in [0.3, 0.4) is 0 Å². The van der Waals surface area contributed by atoms with Crippen LogP contribution in [0.2, 0.25) is 0 Å². The monoisotopic (exact) mass is 521 g/mol. The molecular formula is C20H14F7N5O4. The molecule has 192 valence electrons. The summed E-state index contributed by atoms with van der Waals surface area (Å²) in [4.78, 5) is 28.8. The first kappa shape index (κ1) is 26.5. The highest BCUT2D eigenvalue weighted by atomic mass is 19.4. The lowest BCUT2D eigenvalue weighted by Crippen LogP contribution is -2.42. The van der Waals surface area contributed by atoms with E-state index in [9.17, 15) is 45.4 Å². The van der Waals surface area contributed by atoms with Gasteiger partial charge < -0.3 is 15.2 Å². The quantitative estimate of drug-likeness (QED) is 0.438. The van der Waals surface area contributed by atoms with Crippen molar-refractivity contribution in [3.05, 3.63) is 70.5 Å². The van der Waals surface area contributed by atoms with E-state index in [0.29, 0.717) is 12.3 Å². The molecule has 36 heavy (non-hydrogen) atoms. The van der Waals surface area contributed by atoms with Gasteiger partial charge >= 0.3 is 6.18 Å². The standard InChI is InChI=1S/C20H14F7N5O4/c21-17(22)20(35,18(23)24)13-4-3-10(8-28-13)30-14(33)11-2-1-7-32(16(11)34)12-5-6-29-31-15(12)36-9-19(25,26)27/h1-8,17-18,35H,9H2,(H,30,33). The second-order valence-corrected chi connectivity index (χ2v) is 7.04. The molecule has 9 nitrogen and oxygen atoms in total. The molecule has 0 saturated heterocycles. The fourth-order valence-electron chi connectivity index (χ4n) is 2.83. The number of pyridine rings is 2. The van der Waals surface area contributed by atoms with Gasteiger partial charge in [-0.05, 0) is 30.3 Å². The number of nitrogens with one attached hydrogen (secondary N) is 1. The molecule has 0 radical (unpaired) electrons. The Balaban J connectivity index is 1.87. The molecular weight excluding hydrogens is 507 g/mol. The summed E-state index contributed by atoms with van der Waals surface area (Å²) in [5.41, 5.74) is -6.86. The molecule has 0 atom stereocenters. The van der Waals surface area contributed by atoms with Crippen LogP contribution in [0.25, 0.3) is 5.69 Å². The third-order valence-electron chi connectivity index (χ3n) is 4.59. The number of hydrogen-bond acceptors (Lipinski definition) is 7. The van der Waals surface area contributed by atoms with Crippen molar-refractivity contribution in [3.63, 3.8) is 0 Å². The molecule has 0 aromatic carbocycles. The molecule has 2 N–H and O–H groups in total. The summed E-state index contributed by atoms with van der Waals surface area (Å²) in [7, 11) is 0. The minimum Gasteiger partial charge on any atom is -0.465 e. The molecule has 1 amide bonds. The van der Waals surface area contributed by atoms with Crippen molar-refractivity contribution in [1.82, 2.24) is 19.7 Å². The molecule has 0 bridgehead atoms. The topological polar surface area (TPSA) is 119 Å². The molecule has 3 aromatic rings. The van der Waals surface area contributed by atoms with Gasteiger partial charge in [0.25, 0.3) is 30.2 Å². The number of aliphatic hydroxyl groups is 1. The zero-order valence-corrected chi connectivity index (χ0v) is 17.6. The van der Waals surface area contributed by atoms with Gasteiger partial charge in [-0.2, -0.15) is 18.3 Å². The lowest BCUT2D eigenvalue weighted by molar-refractivity contribution is -0.185. The van der Waals surface area contributed by atoms with Gasteiger partial charge in [-0.3, -0.25) is 19.1 Å². The predicted octanol–water partition coefficient (Wildman–Crippen LogP) is 2.93. The van der Waals surface area contributed by atoms with E-state index in [-0.39, 0.29) is 11.4 Å².